The molecule has 19 heavy (non-hydrogen) atoms. The second-order valence-corrected chi connectivity index (χ2v) is 4.30. The summed E-state index contributed by atoms with van der Waals surface area (Å²) in [5.74, 6) is -1.88. The molecule has 0 aliphatic rings. The van der Waals surface area contributed by atoms with E-state index in [9.17, 15) is 9.59 Å². The number of carboxylic acids is 2. The van der Waals surface area contributed by atoms with Crippen LogP contribution in [0.3, 0.4) is 0 Å². The summed E-state index contributed by atoms with van der Waals surface area (Å²) >= 11 is 0. The number of carboxylic acid groups (broad SMARTS) is 2. The molecular weight excluding hydrogens is 250 g/mol. The number of rotatable bonds is 6. The summed E-state index contributed by atoms with van der Waals surface area (Å²) in [4.78, 5) is 21.7. The standard InChI is InChI=1S/C13H17NO5/c1-7-4-8(2)12(19-3)9(5-7)14-10(13(17)18)6-11(15)16/h4-5,10,14H,6H2,1-3H3,(H,15,16)(H,17,18). The molecule has 6 nitrogen and oxygen atoms in total. The van der Waals surface area contributed by atoms with Crippen molar-refractivity contribution >= 4 is 17.6 Å². The van der Waals surface area contributed by atoms with Gasteiger partial charge in [-0.15, -0.1) is 0 Å². The van der Waals surface area contributed by atoms with Crippen LogP contribution in [0.25, 0.3) is 0 Å². The first-order valence-corrected chi connectivity index (χ1v) is 5.71. The minimum Gasteiger partial charge on any atom is -0.494 e. The van der Waals surface area contributed by atoms with Crippen molar-refractivity contribution in [2.75, 3.05) is 12.4 Å². The molecule has 6 heteroatoms. The van der Waals surface area contributed by atoms with Crippen molar-refractivity contribution in [1.82, 2.24) is 0 Å². The third kappa shape index (κ3) is 3.87. The Morgan fingerprint density at radius 2 is 1.95 bits per heavy atom. The van der Waals surface area contributed by atoms with Gasteiger partial charge in [-0.3, -0.25) is 4.79 Å². The van der Waals surface area contributed by atoms with Gasteiger partial charge < -0.3 is 20.3 Å². The molecule has 0 aromatic heterocycles. The van der Waals surface area contributed by atoms with Gasteiger partial charge in [-0.25, -0.2) is 4.79 Å². The zero-order valence-electron chi connectivity index (χ0n) is 11.1. The average molecular weight is 267 g/mol. The van der Waals surface area contributed by atoms with E-state index in [-0.39, 0.29) is 0 Å². The molecule has 1 aromatic carbocycles. The fourth-order valence-corrected chi connectivity index (χ4v) is 1.89. The van der Waals surface area contributed by atoms with E-state index in [2.05, 4.69) is 5.32 Å². The van der Waals surface area contributed by atoms with Gasteiger partial charge in [0.05, 0.1) is 19.2 Å². The largest absolute Gasteiger partial charge is 0.494 e. The lowest BCUT2D eigenvalue weighted by molar-refractivity contribution is -0.144. The molecule has 0 aliphatic carbocycles. The number of aliphatic carboxylic acids is 2. The van der Waals surface area contributed by atoms with Crippen LogP contribution in [0.5, 0.6) is 5.75 Å². The van der Waals surface area contributed by atoms with E-state index in [0.717, 1.165) is 11.1 Å². The molecule has 1 unspecified atom stereocenters. The van der Waals surface area contributed by atoms with E-state index in [4.69, 9.17) is 14.9 Å². The highest BCUT2D eigenvalue weighted by atomic mass is 16.5. The van der Waals surface area contributed by atoms with Crippen LogP contribution in [0, 0.1) is 13.8 Å². The summed E-state index contributed by atoms with van der Waals surface area (Å²) in [7, 11) is 1.48. The fourth-order valence-electron chi connectivity index (χ4n) is 1.89. The van der Waals surface area contributed by atoms with E-state index in [1.54, 1.807) is 6.07 Å². The molecule has 104 valence electrons. The van der Waals surface area contributed by atoms with Gasteiger partial charge in [0.2, 0.25) is 0 Å². The third-order valence-electron chi connectivity index (χ3n) is 2.63. The Morgan fingerprint density at radius 1 is 1.32 bits per heavy atom. The van der Waals surface area contributed by atoms with E-state index in [1.165, 1.54) is 7.11 Å². The first kappa shape index (κ1) is 14.8. The highest BCUT2D eigenvalue weighted by Crippen LogP contribution is 2.30. The second-order valence-electron chi connectivity index (χ2n) is 4.30. The minimum absolute atomic E-state index is 0.480. The molecule has 0 fully saturated rings. The van der Waals surface area contributed by atoms with Crippen LogP contribution in [0.4, 0.5) is 5.69 Å². The summed E-state index contributed by atoms with van der Waals surface area (Å²) in [6, 6.07) is 2.42. The van der Waals surface area contributed by atoms with Gasteiger partial charge in [-0.2, -0.15) is 0 Å². The highest BCUT2D eigenvalue weighted by molar-refractivity contribution is 5.84. The topological polar surface area (TPSA) is 95.9 Å². The Hall–Kier alpha value is -2.24. The lowest BCUT2D eigenvalue weighted by Crippen LogP contribution is -2.32. The van der Waals surface area contributed by atoms with Crippen LogP contribution < -0.4 is 10.1 Å². The van der Waals surface area contributed by atoms with Crippen molar-refractivity contribution in [1.29, 1.82) is 0 Å². The number of nitrogens with one attached hydrogen (secondary N) is 1. The maximum absolute atomic E-state index is 11.0. The van der Waals surface area contributed by atoms with Crippen LogP contribution in [0.15, 0.2) is 12.1 Å². The van der Waals surface area contributed by atoms with E-state index >= 15 is 0 Å². The Kier molecular flexibility index (Phi) is 4.74. The monoisotopic (exact) mass is 267 g/mol. The molecule has 1 atom stereocenters. The summed E-state index contributed by atoms with van der Waals surface area (Å²) in [6.45, 7) is 3.70. The molecule has 0 radical (unpaired) electrons. The molecule has 1 rings (SSSR count). The quantitative estimate of drug-likeness (QED) is 0.725. The van der Waals surface area contributed by atoms with E-state index in [0.29, 0.717) is 11.4 Å². The number of hydrogen-bond donors (Lipinski definition) is 3. The number of aryl methyl sites for hydroxylation is 2. The van der Waals surface area contributed by atoms with Gasteiger partial charge in [0.25, 0.3) is 0 Å². The smallest absolute Gasteiger partial charge is 0.326 e. The summed E-state index contributed by atoms with van der Waals surface area (Å²) in [5, 5.41) is 20.4. The Labute approximate surface area is 111 Å². The Balaban J connectivity index is 3.08. The van der Waals surface area contributed by atoms with Crippen LogP contribution in [-0.2, 0) is 9.59 Å². The van der Waals surface area contributed by atoms with Crippen molar-refractivity contribution in [2.24, 2.45) is 0 Å². The molecular formula is C13H17NO5. The van der Waals surface area contributed by atoms with Crippen molar-refractivity contribution in [2.45, 2.75) is 26.3 Å². The lowest BCUT2D eigenvalue weighted by atomic mass is 10.1. The van der Waals surface area contributed by atoms with Crippen LogP contribution in [0.1, 0.15) is 17.5 Å². The molecule has 0 saturated carbocycles. The van der Waals surface area contributed by atoms with Gasteiger partial charge >= 0.3 is 11.9 Å². The van der Waals surface area contributed by atoms with Crippen molar-refractivity contribution in [3.63, 3.8) is 0 Å². The molecule has 0 saturated heterocycles. The molecule has 0 amide bonds. The van der Waals surface area contributed by atoms with Crippen molar-refractivity contribution < 1.29 is 24.5 Å². The van der Waals surface area contributed by atoms with Crippen molar-refractivity contribution in [3.8, 4) is 5.75 Å². The summed E-state index contributed by atoms with van der Waals surface area (Å²) in [5.41, 5.74) is 2.26. The Bertz CT molecular complexity index is 498. The first-order chi connectivity index (χ1) is 8.85. The minimum atomic E-state index is -1.22. The predicted octanol–water partition coefficient (Wildman–Crippen LogP) is 1.65. The molecule has 0 heterocycles. The Morgan fingerprint density at radius 3 is 2.42 bits per heavy atom. The van der Waals surface area contributed by atoms with Crippen LogP contribution >= 0.6 is 0 Å². The van der Waals surface area contributed by atoms with E-state index in [1.807, 2.05) is 19.9 Å². The number of hydrogen-bond acceptors (Lipinski definition) is 4. The third-order valence-corrected chi connectivity index (χ3v) is 2.63. The van der Waals surface area contributed by atoms with Crippen molar-refractivity contribution in [3.05, 3.63) is 23.3 Å². The molecule has 0 bridgehead atoms. The van der Waals surface area contributed by atoms with Gasteiger partial charge in [-0.1, -0.05) is 6.07 Å². The molecule has 1 aromatic rings. The van der Waals surface area contributed by atoms with Gasteiger partial charge in [0, 0.05) is 0 Å². The zero-order valence-corrected chi connectivity index (χ0v) is 11.1. The van der Waals surface area contributed by atoms with Crippen LogP contribution in [0.2, 0.25) is 0 Å². The highest BCUT2D eigenvalue weighted by Gasteiger charge is 2.22. The maximum Gasteiger partial charge on any atom is 0.326 e. The summed E-state index contributed by atoms with van der Waals surface area (Å²) < 4.78 is 5.21. The number of ether oxygens (including phenoxy) is 1. The number of methoxy groups -OCH3 is 1. The summed E-state index contributed by atoms with van der Waals surface area (Å²) in [6.07, 6.45) is -0.508. The van der Waals surface area contributed by atoms with Gasteiger partial charge in [0.1, 0.15) is 11.8 Å². The average Bonchev–Trinajstić information content (AvgIpc) is 2.26. The first-order valence-electron chi connectivity index (χ1n) is 5.71. The fraction of sp³-hybridized carbons (Fsp3) is 0.385. The number of carbonyl (C=O) groups is 2. The SMILES string of the molecule is COc1c(C)cc(C)cc1NC(CC(=O)O)C(=O)O. The second kappa shape index (κ2) is 6.08. The molecule has 0 aliphatic heterocycles. The van der Waals surface area contributed by atoms with Gasteiger partial charge in [0.15, 0.2) is 0 Å². The van der Waals surface area contributed by atoms with Crippen LogP contribution in [-0.4, -0.2) is 35.3 Å². The predicted molar refractivity (Wildman–Crippen MR) is 69.8 cm³/mol. The maximum atomic E-state index is 11.0. The normalized spacial score (nSPS) is 11.7. The molecule has 0 spiro atoms. The zero-order chi connectivity index (χ0) is 14.6. The van der Waals surface area contributed by atoms with Gasteiger partial charge in [-0.05, 0) is 31.0 Å². The van der Waals surface area contributed by atoms with E-state index < -0.39 is 24.4 Å². The molecule has 3 N–H and O–H groups in total. The number of anilines is 1. The lowest BCUT2D eigenvalue weighted by Gasteiger charge is -2.18. The number of benzene rings is 1.